The molecular formula is C11H8F3N3OS. The molecule has 2 aromatic rings. The van der Waals surface area contributed by atoms with Gasteiger partial charge in [-0.15, -0.1) is 0 Å². The molecule has 19 heavy (non-hydrogen) atoms. The van der Waals surface area contributed by atoms with E-state index in [4.69, 9.17) is 0 Å². The van der Waals surface area contributed by atoms with Crippen LogP contribution in [0.25, 0.3) is 0 Å². The van der Waals surface area contributed by atoms with Crippen LogP contribution in [-0.4, -0.2) is 21.1 Å². The molecule has 0 bridgehead atoms. The number of alkyl halides is 3. The summed E-state index contributed by atoms with van der Waals surface area (Å²) in [6.45, 7) is 0. The summed E-state index contributed by atoms with van der Waals surface area (Å²) in [5.41, 5.74) is -0.875. The molecule has 0 fully saturated rings. The quantitative estimate of drug-likeness (QED) is 0.814. The molecule has 1 heterocycles. The second-order valence-corrected chi connectivity index (χ2v) is 4.65. The number of carbonyl (C=O) groups excluding carboxylic acids is 1. The highest BCUT2D eigenvalue weighted by atomic mass is 32.2. The molecule has 0 aliphatic heterocycles. The molecule has 0 aliphatic carbocycles. The lowest BCUT2D eigenvalue weighted by molar-refractivity contribution is -0.139. The highest BCUT2D eigenvalue weighted by Crippen LogP contribution is 2.39. The van der Waals surface area contributed by atoms with Crippen molar-refractivity contribution < 1.29 is 18.0 Å². The van der Waals surface area contributed by atoms with Gasteiger partial charge in [0, 0.05) is 17.5 Å². The number of benzene rings is 1. The summed E-state index contributed by atoms with van der Waals surface area (Å²) in [5, 5.41) is 4.12. The third kappa shape index (κ3) is 2.95. The minimum atomic E-state index is -4.53. The molecule has 0 amide bonds. The lowest BCUT2D eigenvalue weighted by Crippen LogP contribution is -2.08. The molecule has 0 atom stereocenters. The smallest absolute Gasteiger partial charge is 0.298 e. The summed E-state index contributed by atoms with van der Waals surface area (Å²) in [6.07, 6.45) is -2.89. The Bertz CT molecular complexity index is 609. The molecule has 0 unspecified atom stereocenters. The van der Waals surface area contributed by atoms with Crippen LogP contribution < -0.4 is 0 Å². The molecule has 8 heteroatoms. The molecule has 0 N–H and O–H groups in total. The second kappa shape index (κ2) is 5.04. The van der Waals surface area contributed by atoms with E-state index in [1.165, 1.54) is 23.1 Å². The van der Waals surface area contributed by atoms with Crippen molar-refractivity contribution >= 4 is 18.0 Å². The monoisotopic (exact) mass is 287 g/mol. The number of carbonyl (C=O) groups is 1. The van der Waals surface area contributed by atoms with Gasteiger partial charge in [-0.3, -0.25) is 4.79 Å². The summed E-state index contributed by atoms with van der Waals surface area (Å²) in [4.78, 5) is 14.4. The van der Waals surface area contributed by atoms with Crippen LogP contribution in [0, 0.1) is 0 Å². The van der Waals surface area contributed by atoms with E-state index in [-0.39, 0.29) is 10.5 Å². The van der Waals surface area contributed by atoms with E-state index in [1.807, 2.05) is 0 Å². The van der Waals surface area contributed by atoms with Gasteiger partial charge in [-0.05, 0) is 23.9 Å². The maximum atomic E-state index is 12.9. The van der Waals surface area contributed by atoms with Gasteiger partial charge in [-0.1, -0.05) is 6.07 Å². The maximum absolute atomic E-state index is 12.9. The minimum absolute atomic E-state index is 0.0189. The van der Waals surface area contributed by atoms with Crippen LogP contribution in [0.2, 0.25) is 0 Å². The molecule has 1 aromatic heterocycles. The molecule has 100 valence electrons. The zero-order valence-electron chi connectivity index (χ0n) is 9.68. The van der Waals surface area contributed by atoms with Crippen molar-refractivity contribution in [1.82, 2.24) is 14.8 Å². The van der Waals surface area contributed by atoms with Crippen LogP contribution in [0.4, 0.5) is 13.2 Å². The topological polar surface area (TPSA) is 47.8 Å². The Balaban J connectivity index is 2.45. The van der Waals surface area contributed by atoms with Crippen molar-refractivity contribution in [3.05, 3.63) is 35.7 Å². The number of rotatable bonds is 3. The first-order chi connectivity index (χ1) is 8.91. The molecule has 2 rings (SSSR count). The number of aryl methyl sites for hydroxylation is 1. The van der Waals surface area contributed by atoms with Gasteiger partial charge >= 0.3 is 6.18 Å². The van der Waals surface area contributed by atoms with Crippen LogP contribution in [0.3, 0.4) is 0 Å². The number of hydrogen-bond donors (Lipinski definition) is 0. The van der Waals surface area contributed by atoms with Gasteiger partial charge in [0.2, 0.25) is 0 Å². The third-order valence-corrected chi connectivity index (χ3v) is 3.44. The van der Waals surface area contributed by atoms with Crippen molar-refractivity contribution in [2.75, 3.05) is 0 Å². The predicted molar refractivity (Wildman–Crippen MR) is 62.0 cm³/mol. The van der Waals surface area contributed by atoms with Gasteiger partial charge in [-0.2, -0.15) is 18.3 Å². The Labute approximate surface area is 110 Å². The summed E-state index contributed by atoms with van der Waals surface area (Å²) < 4.78 is 40.1. The highest BCUT2D eigenvalue weighted by molar-refractivity contribution is 7.99. The molecule has 0 spiro atoms. The number of aldehydes is 1. The van der Waals surface area contributed by atoms with E-state index in [9.17, 15) is 18.0 Å². The van der Waals surface area contributed by atoms with Gasteiger partial charge in [0.25, 0.3) is 0 Å². The highest BCUT2D eigenvalue weighted by Gasteiger charge is 2.34. The zero-order valence-corrected chi connectivity index (χ0v) is 10.5. The van der Waals surface area contributed by atoms with Gasteiger partial charge in [0.05, 0.1) is 5.56 Å². The van der Waals surface area contributed by atoms with E-state index >= 15 is 0 Å². The van der Waals surface area contributed by atoms with Crippen LogP contribution in [0.5, 0.6) is 0 Å². The first-order valence-electron chi connectivity index (χ1n) is 5.10. The molecular weight excluding hydrogens is 279 g/mol. The SMILES string of the molecule is Cn1ncnc1Sc1ccc(C=O)cc1C(F)(F)F. The number of nitrogens with zero attached hydrogens (tertiary/aromatic N) is 3. The minimum Gasteiger partial charge on any atom is -0.298 e. The Morgan fingerprint density at radius 2 is 2.11 bits per heavy atom. The fourth-order valence-electron chi connectivity index (χ4n) is 1.41. The van der Waals surface area contributed by atoms with E-state index in [2.05, 4.69) is 10.1 Å². The van der Waals surface area contributed by atoms with E-state index in [1.54, 1.807) is 7.05 Å². The average molecular weight is 287 g/mol. The van der Waals surface area contributed by atoms with Crippen LogP contribution in [0.1, 0.15) is 15.9 Å². The molecule has 0 radical (unpaired) electrons. The van der Waals surface area contributed by atoms with E-state index < -0.39 is 11.7 Å². The van der Waals surface area contributed by atoms with Gasteiger partial charge in [-0.25, -0.2) is 9.67 Å². The fraction of sp³-hybridized carbons (Fsp3) is 0.182. The Morgan fingerprint density at radius 3 is 2.63 bits per heavy atom. The van der Waals surface area contributed by atoms with Crippen molar-refractivity contribution in [2.45, 2.75) is 16.2 Å². The third-order valence-electron chi connectivity index (χ3n) is 2.32. The molecule has 0 saturated heterocycles. The number of halogens is 3. The zero-order chi connectivity index (χ0) is 14.0. The summed E-state index contributed by atoms with van der Waals surface area (Å²) in [6, 6.07) is 3.42. The summed E-state index contributed by atoms with van der Waals surface area (Å²) in [5.74, 6) is 0. The normalized spacial score (nSPS) is 11.6. The van der Waals surface area contributed by atoms with Crippen molar-refractivity contribution in [3.8, 4) is 0 Å². The van der Waals surface area contributed by atoms with Crippen LogP contribution >= 0.6 is 11.8 Å². The van der Waals surface area contributed by atoms with Gasteiger partial charge in [0.1, 0.15) is 12.6 Å². The van der Waals surface area contributed by atoms with Crippen LogP contribution in [0.15, 0.2) is 34.6 Å². The van der Waals surface area contributed by atoms with E-state index in [0.717, 1.165) is 17.8 Å². The fourth-order valence-corrected chi connectivity index (χ4v) is 2.30. The van der Waals surface area contributed by atoms with E-state index in [0.29, 0.717) is 11.4 Å². The Kier molecular flexibility index (Phi) is 3.61. The predicted octanol–water partition coefficient (Wildman–Crippen LogP) is 2.80. The molecule has 1 aromatic carbocycles. The first kappa shape index (κ1) is 13.6. The van der Waals surface area contributed by atoms with Crippen molar-refractivity contribution in [2.24, 2.45) is 7.05 Å². The summed E-state index contributed by atoms with van der Waals surface area (Å²) in [7, 11) is 1.59. The Morgan fingerprint density at radius 1 is 1.37 bits per heavy atom. The number of aromatic nitrogens is 3. The van der Waals surface area contributed by atoms with Crippen molar-refractivity contribution in [1.29, 1.82) is 0 Å². The number of hydrogen-bond acceptors (Lipinski definition) is 4. The molecule has 0 saturated carbocycles. The standard InChI is InChI=1S/C11H8F3N3OS/c1-17-10(15-6-16-17)19-9-3-2-7(5-18)4-8(9)11(12,13)14/h2-6H,1H3. The van der Waals surface area contributed by atoms with Gasteiger partial charge in [0.15, 0.2) is 5.16 Å². The summed E-state index contributed by atoms with van der Waals surface area (Å²) >= 11 is 0.847. The van der Waals surface area contributed by atoms with Crippen LogP contribution in [-0.2, 0) is 13.2 Å². The molecule has 4 nitrogen and oxygen atoms in total. The molecule has 0 aliphatic rings. The first-order valence-corrected chi connectivity index (χ1v) is 5.91. The lowest BCUT2D eigenvalue weighted by atomic mass is 10.1. The van der Waals surface area contributed by atoms with Gasteiger partial charge < -0.3 is 0 Å². The average Bonchev–Trinajstić information content (AvgIpc) is 2.74. The second-order valence-electron chi connectivity index (χ2n) is 3.64. The maximum Gasteiger partial charge on any atom is 0.417 e. The Hall–Kier alpha value is -1.83. The largest absolute Gasteiger partial charge is 0.417 e. The van der Waals surface area contributed by atoms with Crippen molar-refractivity contribution in [3.63, 3.8) is 0 Å². The lowest BCUT2D eigenvalue weighted by Gasteiger charge is -2.12.